The van der Waals surface area contributed by atoms with Gasteiger partial charge in [0.2, 0.25) is 5.91 Å². The molecular formula is C15H19ClN2O3. The summed E-state index contributed by atoms with van der Waals surface area (Å²) < 4.78 is 5.13. The summed E-state index contributed by atoms with van der Waals surface area (Å²) >= 11 is 5.53. The smallest absolute Gasteiger partial charge is 0.407 e. The third kappa shape index (κ3) is 4.93. The topological polar surface area (TPSA) is 58.6 Å². The van der Waals surface area contributed by atoms with Crippen LogP contribution < -0.4 is 5.32 Å². The maximum atomic E-state index is 11.6. The van der Waals surface area contributed by atoms with Crippen molar-refractivity contribution in [1.82, 2.24) is 10.2 Å². The van der Waals surface area contributed by atoms with Crippen LogP contribution in [-0.4, -0.2) is 42.4 Å². The lowest BCUT2D eigenvalue weighted by molar-refractivity contribution is -0.127. The van der Waals surface area contributed by atoms with Gasteiger partial charge in [-0.25, -0.2) is 4.79 Å². The molecule has 1 aromatic carbocycles. The summed E-state index contributed by atoms with van der Waals surface area (Å²) in [6, 6.07) is 9.52. The molecular weight excluding hydrogens is 292 g/mol. The number of nitrogens with one attached hydrogen (secondary N) is 1. The molecule has 1 unspecified atom stereocenters. The van der Waals surface area contributed by atoms with Crippen molar-refractivity contribution in [2.45, 2.75) is 13.0 Å². The summed E-state index contributed by atoms with van der Waals surface area (Å²) in [5, 5.41) is 2.74. The zero-order chi connectivity index (χ0) is 15.1. The Morgan fingerprint density at radius 2 is 2.10 bits per heavy atom. The first-order valence-corrected chi connectivity index (χ1v) is 7.50. The Bertz CT molecular complexity index is 481. The van der Waals surface area contributed by atoms with Gasteiger partial charge < -0.3 is 15.0 Å². The van der Waals surface area contributed by atoms with Crippen molar-refractivity contribution in [3.63, 3.8) is 0 Å². The first-order chi connectivity index (χ1) is 10.2. The first-order valence-electron chi connectivity index (χ1n) is 6.97. The van der Waals surface area contributed by atoms with Crippen LogP contribution in [-0.2, 0) is 16.1 Å². The number of nitrogens with zero attached hydrogens (tertiary/aromatic N) is 1. The van der Waals surface area contributed by atoms with Crippen molar-refractivity contribution in [3.8, 4) is 0 Å². The van der Waals surface area contributed by atoms with Crippen molar-refractivity contribution >= 4 is 23.6 Å². The number of hydrogen-bond acceptors (Lipinski definition) is 3. The van der Waals surface area contributed by atoms with Gasteiger partial charge >= 0.3 is 6.09 Å². The van der Waals surface area contributed by atoms with E-state index in [2.05, 4.69) is 5.32 Å². The van der Waals surface area contributed by atoms with Crippen LogP contribution >= 0.6 is 11.6 Å². The molecule has 0 bridgehead atoms. The molecule has 5 nitrogen and oxygen atoms in total. The molecule has 1 atom stereocenters. The molecule has 1 aromatic rings. The third-order valence-electron chi connectivity index (χ3n) is 3.50. The van der Waals surface area contributed by atoms with E-state index in [1.165, 1.54) is 0 Å². The van der Waals surface area contributed by atoms with Crippen molar-refractivity contribution < 1.29 is 14.3 Å². The minimum atomic E-state index is -0.430. The van der Waals surface area contributed by atoms with Gasteiger partial charge in [0.25, 0.3) is 0 Å². The highest BCUT2D eigenvalue weighted by Gasteiger charge is 2.25. The maximum absolute atomic E-state index is 11.6. The van der Waals surface area contributed by atoms with Crippen molar-refractivity contribution in [3.05, 3.63) is 35.9 Å². The Kier molecular flexibility index (Phi) is 5.87. The highest BCUT2D eigenvalue weighted by atomic mass is 35.5. The number of rotatable bonds is 5. The van der Waals surface area contributed by atoms with Gasteiger partial charge in [-0.3, -0.25) is 4.79 Å². The van der Waals surface area contributed by atoms with Crippen molar-refractivity contribution in [1.29, 1.82) is 0 Å². The van der Waals surface area contributed by atoms with Crippen molar-refractivity contribution in [2.75, 3.05) is 25.5 Å². The molecule has 2 rings (SSSR count). The monoisotopic (exact) mass is 310 g/mol. The van der Waals surface area contributed by atoms with Gasteiger partial charge in [0.15, 0.2) is 0 Å². The van der Waals surface area contributed by atoms with Crippen LogP contribution in [0.1, 0.15) is 12.0 Å². The fourth-order valence-corrected chi connectivity index (χ4v) is 2.48. The molecule has 0 spiro atoms. The SMILES string of the molecule is O=C(NCC1CCN(C(=O)CCl)C1)OCc1ccccc1. The third-order valence-corrected chi connectivity index (χ3v) is 3.73. The summed E-state index contributed by atoms with van der Waals surface area (Å²) in [7, 11) is 0. The van der Waals surface area contributed by atoms with Gasteiger partial charge in [0.05, 0.1) is 0 Å². The van der Waals surface area contributed by atoms with Gasteiger partial charge in [-0.15, -0.1) is 11.6 Å². The second kappa shape index (κ2) is 7.88. The predicted molar refractivity (Wildman–Crippen MR) is 80.0 cm³/mol. The van der Waals surface area contributed by atoms with E-state index >= 15 is 0 Å². The molecule has 0 aromatic heterocycles. The lowest BCUT2D eigenvalue weighted by atomic mass is 10.1. The van der Waals surface area contributed by atoms with Gasteiger partial charge in [-0.05, 0) is 17.9 Å². The number of halogens is 1. The number of alkyl carbamates (subject to hydrolysis) is 1. The first kappa shape index (κ1) is 15.6. The highest BCUT2D eigenvalue weighted by molar-refractivity contribution is 6.27. The molecule has 21 heavy (non-hydrogen) atoms. The molecule has 1 heterocycles. The van der Waals surface area contributed by atoms with Crippen LogP contribution in [0.5, 0.6) is 0 Å². The number of ether oxygens (including phenoxy) is 1. The quantitative estimate of drug-likeness (QED) is 0.846. The lowest BCUT2D eigenvalue weighted by Crippen LogP contribution is -2.33. The average Bonchev–Trinajstić information content (AvgIpc) is 3.00. The summed E-state index contributed by atoms with van der Waals surface area (Å²) in [6.45, 7) is 2.12. The summed E-state index contributed by atoms with van der Waals surface area (Å²) in [5.41, 5.74) is 0.951. The molecule has 6 heteroatoms. The molecule has 1 aliphatic heterocycles. The highest BCUT2D eigenvalue weighted by Crippen LogP contribution is 2.15. The number of amides is 2. The molecule has 114 valence electrons. The lowest BCUT2D eigenvalue weighted by Gasteiger charge is -2.15. The fraction of sp³-hybridized carbons (Fsp3) is 0.467. The molecule has 0 aliphatic carbocycles. The van der Waals surface area contributed by atoms with Crippen LogP contribution in [0.4, 0.5) is 4.79 Å². The van der Waals surface area contributed by atoms with E-state index in [4.69, 9.17) is 16.3 Å². The van der Waals surface area contributed by atoms with Crippen molar-refractivity contribution in [2.24, 2.45) is 5.92 Å². The Morgan fingerprint density at radius 1 is 1.33 bits per heavy atom. The molecule has 0 radical (unpaired) electrons. The number of carbonyl (C=O) groups excluding carboxylic acids is 2. The van der Waals surface area contributed by atoms with E-state index in [9.17, 15) is 9.59 Å². The molecule has 1 saturated heterocycles. The van der Waals surface area contributed by atoms with Crippen LogP contribution in [0.3, 0.4) is 0 Å². The maximum Gasteiger partial charge on any atom is 0.407 e. The van der Waals surface area contributed by atoms with E-state index < -0.39 is 6.09 Å². The summed E-state index contributed by atoms with van der Waals surface area (Å²) in [5.74, 6) is 0.228. The zero-order valence-corrected chi connectivity index (χ0v) is 12.5. The Hall–Kier alpha value is -1.75. The number of hydrogen-bond donors (Lipinski definition) is 1. The minimum Gasteiger partial charge on any atom is -0.445 e. The van der Waals surface area contributed by atoms with Crippen LogP contribution in [0, 0.1) is 5.92 Å². The Morgan fingerprint density at radius 3 is 2.81 bits per heavy atom. The average molecular weight is 311 g/mol. The predicted octanol–water partition coefficient (Wildman–Crippen LogP) is 2.00. The van der Waals surface area contributed by atoms with Crippen LogP contribution in [0.15, 0.2) is 30.3 Å². The Labute approximate surface area is 129 Å². The van der Waals surface area contributed by atoms with Crippen LogP contribution in [0.25, 0.3) is 0 Å². The Balaban J connectivity index is 1.65. The fourth-order valence-electron chi connectivity index (χ4n) is 2.31. The zero-order valence-electron chi connectivity index (χ0n) is 11.8. The van der Waals surface area contributed by atoms with E-state index in [1.54, 1.807) is 4.90 Å². The standard InChI is InChI=1S/C15H19ClN2O3/c16-8-14(19)18-7-6-13(10-18)9-17-15(20)21-11-12-4-2-1-3-5-12/h1-5,13H,6-11H2,(H,17,20). The number of likely N-dealkylation sites (tertiary alicyclic amines) is 1. The van der Waals surface area contributed by atoms with Crippen LogP contribution in [0.2, 0.25) is 0 Å². The normalized spacial score (nSPS) is 17.6. The molecule has 1 aliphatic rings. The van der Waals surface area contributed by atoms with Gasteiger partial charge in [0.1, 0.15) is 12.5 Å². The minimum absolute atomic E-state index is 0.0132. The number of benzene rings is 1. The molecule has 0 saturated carbocycles. The van der Waals surface area contributed by atoms with Gasteiger partial charge in [-0.2, -0.15) is 0 Å². The molecule has 1 fully saturated rings. The van der Waals surface area contributed by atoms with E-state index in [0.717, 1.165) is 12.0 Å². The molecule has 1 N–H and O–H groups in total. The number of alkyl halides is 1. The van der Waals surface area contributed by atoms with E-state index in [0.29, 0.717) is 19.6 Å². The largest absolute Gasteiger partial charge is 0.445 e. The summed E-state index contributed by atoms with van der Waals surface area (Å²) in [6.07, 6.45) is 0.447. The second-order valence-electron chi connectivity index (χ2n) is 5.07. The second-order valence-corrected chi connectivity index (χ2v) is 5.34. The van der Waals surface area contributed by atoms with Gasteiger partial charge in [0, 0.05) is 19.6 Å². The molecule has 2 amide bonds. The summed E-state index contributed by atoms with van der Waals surface area (Å²) in [4.78, 5) is 24.8. The number of carbonyl (C=O) groups is 2. The van der Waals surface area contributed by atoms with E-state index in [1.807, 2.05) is 30.3 Å². The van der Waals surface area contributed by atoms with E-state index in [-0.39, 0.29) is 24.3 Å². The van der Waals surface area contributed by atoms with Gasteiger partial charge in [-0.1, -0.05) is 30.3 Å².